The monoisotopic (exact) mass is 359 g/mol. The summed E-state index contributed by atoms with van der Waals surface area (Å²) < 4.78 is 5.51. The quantitative estimate of drug-likeness (QED) is 0.729. The Morgan fingerprint density at radius 3 is 2.92 bits per heavy atom. The number of nitrogens with zero attached hydrogens (tertiary/aromatic N) is 1. The fourth-order valence-electron chi connectivity index (χ4n) is 3.58. The van der Waals surface area contributed by atoms with Gasteiger partial charge >= 0.3 is 0 Å². The maximum absolute atomic E-state index is 12.6. The molecule has 2 atom stereocenters. The molecule has 26 heavy (non-hydrogen) atoms. The van der Waals surface area contributed by atoms with Crippen molar-refractivity contribution in [2.45, 2.75) is 44.2 Å². The standard InChI is InChI=1S/C20H29N3O3/c24-19(22-15-17-9-5-13-26-17)14-18-20(25)23(12-10-21-18)11-4-8-16-6-2-1-3-7-16/h1-3,6-7,17-18,21H,4-5,8-15H2,(H,22,24). The summed E-state index contributed by atoms with van der Waals surface area (Å²) in [5.41, 5.74) is 1.29. The summed E-state index contributed by atoms with van der Waals surface area (Å²) in [7, 11) is 0. The number of aryl methyl sites for hydroxylation is 1. The van der Waals surface area contributed by atoms with Gasteiger partial charge in [-0.25, -0.2) is 0 Å². The van der Waals surface area contributed by atoms with Gasteiger partial charge in [0.25, 0.3) is 0 Å². The number of carbonyl (C=O) groups is 2. The van der Waals surface area contributed by atoms with Gasteiger partial charge in [0.05, 0.1) is 18.6 Å². The number of piperazine rings is 1. The first kappa shape index (κ1) is 18.9. The Hall–Kier alpha value is -1.92. The number of benzene rings is 1. The van der Waals surface area contributed by atoms with Crippen molar-refractivity contribution in [3.05, 3.63) is 35.9 Å². The lowest BCUT2D eigenvalue weighted by molar-refractivity contribution is -0.138. The molecule has 3 rings (SSSR count). The molecule has 0 saturated carbocycles. The van der Waals surface area contributed by atoms with Crippen LogP contribution < -0.4 is 10.6 Å². The third-order valence-corrected chi connectivity index (χ3v) is 5.06. The Morgan fingerprint density at radius 1 is 1.31 bits per heavy atom. The summed E-state index contributed by atoms with van der Waals surface area (Å²) in [5, 5.41) is 6.08. The number of hydrogen-bond donors (Lipinski definition) is 2. The number of amides is 2. The fourth-order valence-corrected chi connectivity index (χ4v) is 3.58. The highest BCUT2D eigenvalue weighted by Gasteiger charge is 2.30. The zero-order chi connectivity index (χ0) is 18.2. The smallest absolute Gasteiger partial charge is 0.240 e. The highest BCUT2D eigenvalue weighted by molar-refractivity contribution is 5.88. The second-order valence-electron chi connectivity index (χ2n) is 7.06. The minimum absolute atomic E-state index is 0.0385. The molecule has 0 radical (unpaired) electrons. The van der Waals surface area contributed by atoms with E-state index in [1.807, 2.05) is 23.1 Å². The van der Waals surface area contributed by atoms with Crippen molar-refractivity contribution in [1.29, 1.82) is 0 Å². The molecule has 2 unspecified atom stereocenters. The van der Waals surface area contributed by atoms with Crippen LogP contribution in [-0.4, -0.2) is 61.6 Å². The Morgan fingerprint density at radius 2 is 2.15 bits per heavy atom. The van der Waals surface area contributed by atoms with Crippen molar-refractivity contribution in [1.82, 2.24) is 15.5 Å². The molecular formula is C20H29N3O3. The maximum atomic E-state index is 12.6. The van der Waals surface area contributed by atoms with Crippen molar-refractivity contribution in [3.8, 4) is 0 Å². The Kier molecular flexibility index (Phi) is 7.03. The van der Waals surface area contributed by atoms with Gasteiger partial charge < -0.3 is 20.3 Å². The van der Waals surface area contributed by atoms with E-state index in [1.54, 1.807) is 0 Å². The molecule has 2 saturated heterocycles. The van der Waals surface area contributed by atoms with Gasteiger partial charge in [-0.2, -0.15) is 0 Å². The van der Waals surface area contributed by atoms with Gasteiger partial charge in [-0.15, -0.1) is 0 Å². The van der Waals surface area contributed by atoms with E-state index < -0.39 is 6.04 Å². The minimum Gasteiger partial charge on any atom is -0.376 e. The van der Waals surface area contributed by atoms with Crippen LogP contribution in [0.15, 0.2) is 30.3 Å². The Balaban J connectivity index is 1.39. The predicted octanol–water partition coefficient (Wildman–Crippen LogP) is 1.10. The average Bonchev–Trinajstić information content (AvgIpc) is 3.17. The number of nitrogens with one attached hydrogen (secondary N) is 2. The van der Waals surface area contributed by atoms with E-state index in [0.29, 0.717) is 13.1 Å². The van der Waals surface area contributed by atoms with Gasteiger partial charge in [0.2, 0.25) is 11.8 Å². The van der Waals surface area contributed by atoms with Gasteiger partial charge in [-0.3, -0.25) is 9.59 Å². The topological polar surface area (TPSA) is 70.7 Å². The van der Waals surface area contributed by atoms with Crippen molar-refractivity contribution in [2.75, 3.05) is 32.8 Å². The highest BCUT2D eigenvalue weighted by Crippen LogP contribution is 2.11. The van der Waals surface area contributed by atoms with Gasteiger partial charge in [0.1, 0.15) is 0 Å². The SMILES string of the molecule is O=C(CC1NCCN(CCCc2ccccc2)C1=O)NCC1CCCO1. The van der Waals surface area contributed by atoms with Crippen LogP contribution in [0.3, 0.4) is 0 Å². The van der Waals surface area contributed by atoms with Crippen LogP contribution in [0.4, 0.5) is 0 Å². The second-order valence-corrected chi connectivity index (χ2v) is 7.06. The molecule has 1 aromatic rings. The van der Waals surface area contributed by atoms with Crippen LogP contribution in [0.5, 0.6) is 0 Å². The lowest BCUT2D eigenvalue weighted by Crippen LogP contribution is -2.56. The molecule has 2 heterocycles. The summed E-state index contributed by atoms with van der Waals surface area (Å²) in [6.07, 6.45) is 4.28. The molecule has 142 valence electrons. The van der Waals surface area contributed by atoms with E-state index in [-0.39, 0.29) is 24.3 Å². The van der Waals surface area contributed by atoms with Crippen LogP contribution in [0, 0.1) is 0 Å². The summed E-state index contributed by atoms with van der Waals surface area (Å²) in [6.45, 7) is 3.51. The molecule has 0 bridgehead atoms. The van der Waals surface area contributed by atoms with Gasteiger partial charge in [0, 0.05) is 32.8 Å². The molecule has 1 aromatic carbocycles. The predicted molar refractivity (Wildman–Crippen MR) is 99.7 cm³/mol. The van der Waals surface area contributed by atoms with Crippen LogP contribution in [0.25, 0.3) is 0 Å². The van der Waals surface area contributed by atoms with E-state index in [2.05, 4.69) is 22.8 Å². The van der Waals surface area contributed by atoms with Crippen LogP contribution >= 0.6 is 0 Å². The van der Waals surface area contributed by atoms with Crippen LogP contribution in [0.2, 0.25) is 0 Å². The van der Waals surface area contributed by atoms with Crippen molar-refractivity contribution < 1.29 is 14.3 Å². The first-order valence-electron chi connectivity index (χ1n) is 9.67. The molecule has 2 amide bonds. The lowest BCUT2D eigenvalue weighted by atomic mass is 10.1. The van der Waals surface area contributed by atoms with Crippen molar-refractivity contribution in [3.63, 3.8) is 0 Å². The second kappa shape index (κ2) is 9.69. The number of carbonyl (C=O) groups excluding carboxylic acids is 2. The highest BCUT2D eigenvalue weighted by atomic mass is 16.5. The Bertz CT molecular complexity index is 587. The molecule has 0 aliphatic carbocycles. The first-order valence-corrected chi connectivity index (χ1v) is 9.67. The molecule has 2 fully saturated rings. The first-order chi connectivity index (χ1) is 12.7. The zero-order valence-corrected chi connectivity index (χ0v) is 15.3. The molecule has 2 aliphatic rings. The molecule has 0 spiro atoms. The number of ether oxygens (including phenoxy) is 1. The summed E-state index contributed by atoms with van der Waals surface area (Å²) in [5.74, 6) is -0.0472. The summed E-state index contributed by atoms with van der Waals surface area (Å²) in [6, 6.07) is 9.90. The normalized spacial score (nSPS) is 23.2. The van der Waals surface area contributed by atoms with E-state index in [0.717, 1.165) is 45.4 Å². The molecule has 2 N–H and O–H groups in total. The molecule has 2 aliphatic heterocycles. The van der Waals surface area contributed by atoms with Gasteiger partial charge in [-0.05, 0) is 31.2 Å². The maximum Gasteiger partial charge on any atom is 0.240 e. The third kappa shape index (κ3) is 5.54. The van der Waals surface area contributed by atoms with Crippen LogP contribution in [0.1, 0.15) is 31.2 Å². The number of rotatable bonds is 8. The van der Waals surface area contributed by atoms with E-state index in [4.69, 9.17) is 4.74 Å². The van der Waals surface area contributed by atoms with Crippen molar-refractivity contribution in [2.24, 2.45) is 0 Å². The molecular weight excluding hydrogens is 330 g/mol. The molecule has 6 heteroatoms. The van der Waals surface area contributed by atoms with E-state index >= 15 is 0 Å². The zero-order valence-electron chi connectivity index (χ0n) is 15.3. The number of hydrogen-bond acceptors (Lipinski definition) is 4. The lowest BCUT2D eigenvalue weighted by Gasteiger charge is -2.33. The van der Waals surface area contributed by atoms with E-state index in [9.17, 15) is 9.59 Å². The van der Waals surface area contributed by atoms with Crippen molar-refractivity contribution >= 4 is 11.8 Å². The summed E-state index contributed by atoms with van der Waals surface area (Å²) >= 11 is 0. The fraction of sp³-hybridized carbons (Fsp3) is 0.600. The van der Waals surface area contributed by atoms with Crippen LogP contribution in [-0.2, 0) is 20.7 Å². The Labute approximate surface area is 155 Å². The van der Waals surface area contributed by atoms with Gasteiger partial charge in [-0.1, -0.05) is 30.3 Å². The largest absolute Gasteiger partial charge is 0.376 e. The molecule has 0 aromatic heterocycles. The third-order valence-electron chi connectivity index (χ3n) is 5.06. The molecule has 6 nitrogen and oxygen atoms in total. The minimum atomic E-state index is -0.412. The average molecular weight is 359 g/mol. The van der Waals surface area contributed by atoms with Gasteiger partial charge in [0.15, 0.2) is 0 Å². The van der Waals surface area contributed by atoms with E-state index in [1.165, 1.54) is 5.56 Å². The summed E-state index contributed by atoms with van der Waals surface area (Å²) in [4.78, 5) is 26.7.